The largest absolute Gasteiger partial charge is 0.370 e. The van der Waals surface area contributed by atoms with Crippen molar-refractivity contribution in [1.82, 2.24) is 4.98 Å². The highest BCUT2D eigenvalue weighted by Gasteiger charge is 2.09. The molecule has 0 aliphatic rings. The Bertz CT molecular complexity index is 316. The number of nitrogens with zero attached hydrogens (tertiary/aromatic N) is 1. The minimum absolute atomic E-state index is 0.137. The second-order valence-electron chi connectivity index (χ2n) is 2.71. The number of halogens is 1. The highest BCUT2D eigenvalue weighted by molar-refractivity contribution is 9.10. The minimum atomic E-state index is -0.410. The Morgan fingerprint density at radius 3 is 2.85 bits per heavy atom. The summed E-state index contributed by atoms with van der Waals surface area (Å²) in [4.78, 5) is 14.5. The van der Waals surface area contributed by atoms with E-state index in [1.807, 2.05) is 6.07 Å². The zero-order valence-electron chi connectivity index (χ0n) is 6.90. The van der Waals surface area contributed by atoms with E-state index in [1.165, 1.54) is 0 Å². The molecule has 0 fully saturated rings. The second kappa shape index (κ2) is 4.34. The number of amides is 1. The molecule has 0 aromatic carbocycles. The first-order valence-electron chi connectivity index (χ1n) is 3.74. The van der Waals surface area contributed by atoms with Crippen molar-refractivity contribution in [3.8, 4) is 0 Å². The van der Waals surface area contributed by atoms with Crippen LogP contribution >= 0.6 is 15.9 Å². The molecule has 4 N–H and O–H groups in total. The van der Waals surface area contributed by atoms with E-state index in [9.17, 15) is 4.79 Å². The quantitative estimate of drug-likeness (QED) is 0.821. The molecular weight excluding hydrogens is 234 g/mol. The van der Waals surface area contributed by atoms with Gasteiger partial charge in [0.15, 0.2) is 0 Å². The highest BCUT2D eigenvalue weighted by Crippen LogP contribution is 2.16. The predicted octanol–water partition coefficient (Wildman–Crippen LogP) is 0.719. The monoisotopic (exact) mass is 243 g/mol. The van der Waals surface area contributed by atoms with Gasteiger partial charge in [0.2, 0.25) is 5.91 Å². The molecule has 0 bridgehead atoms. The van der Waals surface area contributed by atoms with Crippen LogP contribution in [0.15, 0.2) is 22.9 Å². The third kappa shape index (κ3) is 3.12. The molecule has 1 heterocycles. The van der Waals surface area contributed by atoms with Gasteiger partial charge in [0.25, 0.3) is 0 Å². The van der Waals surface area contributed by atoms with Crippen molar-refractivity contribution in [2.45, 2.75) is 12.5 Å². The maximum absolute atomic E-state index is 10.6. The normalized spacial score (nSPS) is 12.5. The van der Waals surface area contributed by atoms with Crippen molar-refractivity contribution in [3.05, 3.63) is 28.5 Å². The molecule has 0 saturated carbocycles. The van der Waals surface area contributed by atoms with Crippen molar-refractivity contribution in [3.63, 3.8) is 0 Å². The standard InChI is InChI=1S/C8H10BrN3O/c9-6-1-5(3-12-4-6)7(10)2-8(11)13/h1,3-4,7H,2,10H2,(H2,11,13). The number of aromatic nitrogens is 1. The van der Waals surface area contributed by atoms with E-state index in [-0.39, 0.29) is 12.5 Å². The van der Waals surface area contributed by atoms with Crippen LogP contribution in [0.1, 0.15) is 18.0 Å². The molecule has 1 amide bonds. The summed E-state index contributed by atoms with van der Waals surface area (Å²) in [5, 5.41) is 0. The molecule has 70 valence electrons. The molecule has 0 spiro atoms. The molecule has 0 aliphatic heterocycles. The molecule has 1 atom stereocenters. The maximum Gasteiger partial charge on any atom is 0.219 e. The van der Waals surface area contributed by atoms with Gasteiger partial charge in [-0.05, 0) is 27.6 Å². The summed E-state index contributed by atoms with van der Waals surface area (Å²) in [7, 11) is 0. The Balaban J connectivity index is 2.76. The fourth-order valence-electron chi connectivity index (χ4n) is 0.966. The fraction of sp³-hybridized carbons (Fsp3) is 0.250. The number of primary amides is 1. The van der Waals surface area contributed by atoms with Gasteiger partial charge in [-0.25, -0.2) is 0 Å². The molecule has 1 rings (SSSR count). The summed E-state index contributed by atoms with van der Waals surface area (Å²) in [5.41, 5.74) is 11.5. The zero-order valence-corrected chi connectivity index (χ0v) is 8.49. The molecule has 1 unspecified atom stereocenters. The van der Waals surface area contributed by atoms with Gasteiger partial charge in [-0.2, -0.15) is 0 Å². The molecule has 1 aromatic rings. The topological polar surface area (TPSA) is 82.0 Å². The summed E-state index contributed by atoms with van der Waals surface area (Å²) in [5.74, 6) is -0.410. The van der Waals surface area contributed by atoms with E-state index in [0.29, 0.717) is 0 Å². The van der Waals surface area contributed by atoms with Gasteiger partial charge in [-0.1, -0.05) is 0 Å². The molecule has 0 aliphatic carbocycles. The van der Waals surface area contributed by atoms with Crippen LogP contribution in [0.5, 0.6) is 0 Å². The smallest absolute Gasteiger partial charge is 0.219 e. The van der Waals surface area contributed by atoms with Crippen molar-refractivity contribution < 1.29 is 4.79 Å². The lowest BCUT2D eigenvalue weighted by Gasteiger charge is -2.08. The lowest BCUT2D eigenvalue weighted by molar-refractivity contribution is -0.118. The van der Waals surface area contributed by atoms with Crippen LogP contribution in [0.25, 0.3) is 0 Å². The van der Waals surface area contributed by atoms with Crippen LogP contribution < -0.4 is 11.5 Å². The van der Waals surface area contributed by atoms with Crippen molar-refractivity contribution in [1.29, 1.82) is 0 Å². The summed E-state index contributed by atoms with van der Waals surface area (Å²) >= 11 is 3.26. The first-order valence-corrected chi connectivity index (χ1v) is 4.53. The number of carbonyl (C=O) groups is 1. The Morgan fingerprint density at radius 1 is 1.62 bits per heavy atom. The number of nitrogens with two attached hydrogens (primary N) is 2. The van der Waals surface area contributed by atoms with Crippen LogP contribution in [0.4, 0.5) is 0 Å². The van der Waals surface area contributed by atoms with E-state index < -0.39 is 5.91 Å². The van der Waals surface area contributed by atoms with Crippen molar-refractivity contribution in [2.24, 2.45) is 11.5 Å². The Hall–Kier alpha value is -0.940. The molecular formula is C8H10BrN3O. The molecule has 4 nitrogen and oxygen atoms in total. The number of hydrogen-bond acceptors (Lipinski definition) is 3. The lowest BCUT2D eigenvalue weighted by Crippen LogP contribution is -2.20. The van der Waals surface area contributed by atoms with E-state index in [4.69, 9.17) is 11.5 Å². The van der Waals surface area contributed by atoms with E-state index in [1.54, 1.807) is 12.4 Å². The Labute approximate surface area is 84.5 Å². The van der Waals surface area contributed by atoms with E-state index in [2.05, 4.69) is 20.9 Å². The summed E-state index contributed by atoms with van der Waals surface area (Å²) in [6.45, 7) is 0. The van der Waals surface area contributed by atoms with E-state index in [0.717, 1.165) is 10.0 Å². The second-order valence-corrected chi connectivity index (χ2v) is 3.63. The van der Waals surface area contributed by atoms with Gasteiger partial charge >= 0.3 is 0 Å². The number of carbonyl (C=O) groups excluding carboxylic acids is 1. The van der Waals surface area contributed by atoms with Crippen LogP contribution in [0.3, 0.4) is 0 Å². The molecule has 0 saturated heterocycles. The third-order valence-electron chi connectivity index (χ3n) is 1.58. The lowest BCUT2D eigenvalue weighted by atomic mass is 10.1. The average molecular weight is 244 g/mol. The first-order chi connectivity index (χ1) is 6.09. The molecule has 5 heteroatoms. The Kier molecular flexibility index (Phi) is 3.39. The zero-order chi connectivity index (χ0) is 9.84. The summed E-state index contributed by atoms with van der Waals surface area (Å²) < 4.78 is 0.838. The van der Waals surface area contributed by atoms with Gasteiger partial charge in [0, 0.05) is 29.3 Å². The molecule has 0 radical (unpaired) electrons. The van der Waals surface area contributed by atoms with Gasteiger partial charge in [-0.15, -0.1) is 0 Å². The Morgan fingerprint density at radius 2 is 2.31 bits per heavy atom. The number of hydrogen-bond donors (Lipinski definition) is 2. The summed E-state index contributed by atoms with van der Waals surface area (Å²) in [6.07, 6.45) is 3.41. The third-order valence-corrected chi connectivity index (χ3v) is 2.01. The number of pyridine rings is 1. The predicted molar refractivity (Wildman–Crippen MR) is 52.7 cm³/mol. The van der Waals surface area contributed by atoms with Crippen molar-refractivity contribution in [2.75, 3.05) is 0 Å². The van der Waals surface area contributed by atoms with Crippen LogP contribution in [0.2, 0.25) is 0 Å². The maximum atomic E-state index is 10.6. The van der Waals surface area contributed by atoms with Crippen LogP contribution in [0, 0.1) is 0 Å². The van der Waals surface area contributed by atoms with Crippen molar-refractivity contribution >= 4 is 21.8 Å². The van der Waals surface area contributed by atoms with Gasteiger partial charge < -0.3 is 11.5 Å². The fourth-order valence-corrected chi connectivity index (χ4v) is 1.35. The van der Waals surface area contributed by atoms with Gasteiger partial charge in [-0.3, -0.25) is 9.78 Å². The summed E-state index contributed by atoms with van der Waals surface area (Å²) in [6, 6.07) is 1.45. The van der Waals surface area contributed by atoms with Gasteiger partial charge in [0.05, 0.1) is 0 Å². The first kappa shape index (κ1) is 10.1. The SMILES string of the molecule is NC(=O)CC(N)c1cncc(Br)c1. The average Bonchev–Trinajstić information content (AvgIpc) is 2.03. The molecule has 1 aromatic heterocycles. The van der Waals surface area contributed by atoms with E-state index >= 15 is 0 Å². The van der Waals surface area contributed by atoms with Crippen LogP contribution in [-0.4, -0.2) is 10.9 Å². The highest BCUT2D eigenvalue weighted by atomic mass is 79.9. The minimum Gasteiger partial charge on any atom is -0.370 e. The molecule has 13 heavy (non-hydrogen) atoms. The van der Waals surface area contributed by atoms with Gasteiger partial charge in [0.1, 0.15) is 0 Å². The van der Waals surface area contributed by atoms with Crippen LogP contribution in [-0.2, 0) is 4.79 Å². The number of rotatable bonds is 3.